The minimum absolute atomic E-state index is 0.0923. The van der Waals surface area contributed by atoms with Gasteiger partial charge in [-0.2, -0.15) is 0 Å². The molecule has 0 aromatic rings. The third kappa shape index (κ3) is 4.41. The van der Waals surface area contributed by atoms with Crippen molar-refractivity contribution in [2.75, 3.05) is 0 Å². The van der Waals surface area contributed by atoms with E-state index in [-0.39, 0.29) is 6.10 Å². The van der Waals surface area contributed by atoms with Crippen LogP contribution in [-0.2, 0) is 0 Å². The molecular weight excluding hydrogens is 352 g/mol. The Labute approximate surface area is 180 Å². The second-order valence-electron chi connectivity index (χ2n) is 11.9. The van der Waals surface area contributed by atoms with Crippen LogP contribution in [0, 0.1) is 40.9 Å². The van der Waals surface area contributed by atoms with Gasteiger partial charge in [-0.15, -0.1) is 0 Å². The summed E-state index contributed by atoms with van der Waals surface area (Å²) in [6.45, 7) is 9.95. The second kappa shape index (κ2) is 8.89. The smallest absolute Gasteiger partial charge is 0.0577 e. The molecule has 0 aromatic heterocycles. The summed E-state index contributed by atoms with van der Waals surface area (Å²) >= 11 is 0. The fourth-order valence-corrected chi connectivity index (χ4v) is 7.91. The van der Waals surface area contributed by atoms with Gasteiger partial charge in [0.2, 0.25) is 0 Å². The van der Waals surface area contributed by atoms with Crippen LogP contribution in [0.25, 0.3) is 0 Å². The predicted octanol–water partition coefficient (Wildman–Crippen LogP) is 7.70. The topological polar surface area (TPSA) is 20.2 Å². The molecule has 29 heavy (non-hydrogen) atoms. The highest BCUT2D eigenvalue weighted by Crippen LogP contribution is 2.62. The Morgan fingerprint density at radius 3 is 2.48 bits per heavy atom. The molecular formula is C28H46O. The van der Waals surface area contributed by atoms with E-state index < -0.39 is 0 Å². The lowest BCUT2D eigenvalue weighted by Crippen LogP contribution is -2.39. The molecule has 0 radical (unpaired) electrons. The standard InChI is InChI=1S/C28H46O/c1-19(2)6-5-7-20(3)26-14-15-27-25-13-11-23-18-24(29)12-10-21(23)8-9-22(25)16-17-28(26,27)4/h11,13,19-22,24,26-27,29H,5-10,12,14-18H2,1-4H3/b23-11-,25-13+/t20-,21-,22-,24+,26-,27+,28-/m1/s1. The zero-order valence-electron chi connectivity index (χ0n) is 19.6. The van der Waals surface area contributed by atoms with Crippen LogP contribution in [-0.4, -0.2) is 11.2 Å². The average Bonchev–Trinajstić information content (AvgIpc) is 3.01. The first-order valence-corrected chi connectivity index (χ1v) is 13.0. The molecule has 3 saturated carbocycles. The highest BCUT2D eigenvalue weighted by molar-refractivity contribution is 5.30. The molecule has 1 heteroatoms. The molecule has 7 atom stereocenters. The first-order valence-electron chi connectivity index (χ1n) is 13.0. The Kier molecular flexibility index (Phi) is 6.64. The van der Waals surface area contributed by atoms with Crippen molar-refractivity contribution in [1.29, 1.82) is 0 Å². The molecule has 1 N–H and O–H groups in total. The Hall–Kier alpha value is -0.560. The van der Waals surface area contributed by atoms with Crippen molar-refractivity contribution in [3.63, 3.8) is 0 Å². The second-order valence-corrected chi connectivity index (χ2v) is 11.9. The number of aliphatic hydroxyl groups excluding tert-OH is 1. The van der Waals surface area contributed by atoms with Crippen molar-refractivity contribution < 1.29 is 5.11 Å². The van der Waals surface area contributed by atoms with Crippen molar-refractivity contribution in [2.24, 2.45) is 40.9 Å². The number of rotatable bonds is 5. The molecule has 4 rings (SSSR count). The van der Waals surface area contributed by atoms with Crippen LogP contribution in [0.15, 0.2) is 23.3 Å². The number of fused-ring (bicyclic) bond motifs is 4. The number of hydrogen-bond acceptors (Lipinski definition) is 1. The third-order valence-electron chi connectivity index (χ3n) is 9.64. The molecule has 0 saturated heterocycles. The van der Waals surface area contributed by atoms with E-state index in [0.29, 0.717) is 5.41 Å². The van der Waals surface area contributed by atoms with Crippen LogP contribution in [0.1, 0.15) is 105 Å². The van der Waals surface area contributed by atoms with E-state index in [4.69, 9.17) is 0 Å². The van der Waals surface area contributed by atoms with E-state index in [1.807, 2.05) is 5.57 Å². The molecule has 3 fully saturated rings. The normalized spacial score (nSPS) is 44.4. The molecule has 0 bridgehead atoms. The molecule has 0 unspecified atom stereocenters. The molecule has 164 valence electrons. The maximum Gasteiger partial charge on any atom is 0.0577 e. The zero-order chi connectivity index (χ0) is 20.6. The van der Waals surface area contributed by atoms with Crippen molar-refractivity contribution in [2.45, 2.75) is 111 Å². The fourth-order valence-electron chi connectivity index (χ4n) is 7.91. The molecule has 4 aliphatic rings. The average molecular weight is 399 g/mol. The van der Waals surface area contributed by atoms with Crippen molar-refractivity contribution in [3.05, 3.63) is 23.3 Å². The SMILES string of the molecule is CC(C)CCC[C@@H](C)[C@H]1CC[C@H]2/C3=C/C=C4/C[C@@H](O)CC[C@H]4CC[C@@H]3CC[C@]12C. The van der Waals surface area contributed by atoms with Gasteiger partial charge in [-0.3, -0.25) is 0 Å². The van der Waals surface area contributed by atoms with Crippen LogP contribution in [0.3, 0.4) is 0 Å². The van der Waals surface area contributed by atoms with E-state index in [0.717, 1.165) is 48.3 Å². The molecule has 1 nitrogen and oxygen atoms in total. The quantitative estimate of drug-likeness (QED) is 0.503. The summed E-state index contributed by atoms with van der Waals surface area (Å²) in [5, 5.41) is 10.2. The number of aliphatic hydroxyl groups is 1. The summed E-state index contributed by atoms with van der Waals surface area (Å²) in [5.41, 5.74) is 3.89. The highest BCUT2D eigenvalue weighted by Gasteiger charge is 2.52. The molecule has 4 aliphatic carbocycles. The van der Waals surface area contributed by atoms with Gasteiger partial charge in [0.05, 0.1) is 6.10 Å². The molecule has 0 aromatic carbocycles. The van der Waals surface area contributed by atoms with E-state index in [1.165, 1.54) is 64.2 Å². The number of hydrogen-bond donors (Lipinski definition) is 1. The maximum atomic E-state index is 10.2. The summed E-state index contributed by atoms with van der Waals surface area (Å²) in [4.78, 5) is 0. The van der Waals surface area contributed by atoms with Crippen LogP contribution >= 0.6 is 0 Å². The zero-order valence-corrected chi connectivity index (χ0v) is 19.6. The fraction of sp³-hybridized carbons (Fsp3) is 0.857. The van der Waals surface area contributed by atoms with Crippen molar-refractivity contribution in [3.8, 4) is 0 Å². The van der Waals surface area contributed by atoms with Crippen LogP contribution in [0.2, 0.25) is 0 Å². The first kappa shape index (κ1) is 21.7. The molecule has 0 amide bonds. The molecule has 0 heterocycles. The lowest BCUT2D eigenvalue weighted by molar-refractivity contribution is 0.0743. The number of allylic oxidation sites excluding steroid dienone is 3. The Bertz CT molecular complexity index is 628. The van der Waals surface area contributed by atoms with Gasteiger partial charge in [0.15, 0.2) is 0 Å². The Balaban J connectivity index is 1.51. The van der Waals surface area contributed by atoms with Gasteiger partial charge in [0.1, 0.15) is 0 Å². The van der Waals surface area contributed by atoms with Gasteiger partial charge in [-0.1, -0.05) is 70.3 Å². The van der Waals surface area contributed by atoms with E-state index >= 15 is 0 Å². The van der Waals surface area contributed by atoms with Gasteiger partial charge in [0.25, 0.3) is 0 Å². The first-order chi connectivity index (χ1) is 13.9. The monoisotopic (exact) mass is 398 g/mol. The Morgan fingerprint density at radius 1 is 0.931 bits per heavy atom. The predicted molar refractivity (Wildman–Crippen MR) is 124 cm³/mol. The molecule has 0 spiro atoms. The molecule has 0 aliphatic heterocycles. The van der Waals surface area contributed by atoms with Gasteiger partial charge in [0, 0.05) is 0 Å². The summed E-state index contributed by atoms with van der Waals surface area (Å²) in [5.74, 6) is 5.06. The van der Waals surface area contributed by atoms with Crippen molar-refractivity contribution >= 4 is 0 Å². The van der Waals surface area contributed by atoms with Gasteiger partial charge >= 0.3 is 0 Å². The van der Waals surface area contributed by atoms with Gasteiger partial charge < -0.3 is 5.11 Å². The van der Waals surface area contributed by atoms with Crippen LogP contribution < -0.4 is 0 Å². The lowest BCUT2D eigenvalue weighted by Gasteiger charge is -2.48. The largest absolute Gasteiger partial charge is 0.393 e. The van der Waals surface area contributed by atoms with Gasteiger partial charge in [-0.05, 0) is 98.7 Å². The minimum Gasteiger partial charge on any atom is -0.393 e. The Morgan fingerprint density at radius 2 is 1.69 bits per heavy atom. The third-order valence-corrected chi connectivity index (χ3v) is 9.64. The van der Waals surface area contributed by atoms with Crippen LogP contribution in [0.5, 0.6) is 0 Å². The maximum absolute atomic E-state index is 10.2. The van der Waals surface area contributed by atoms with E-state index in [2.05, 4.69) is 39.8 Å². The van der Waals surface area contributed by atoms with Crippen LogP contribution in [0.4, 0.5) is 0 Å². The minimum atomic E-state index is -0.0923. The summed E-state index contributed by atoms with van der Waals surface area (Å²) < 4.78 is 0. The summed E-state index contributed by atoms with van der Waals surface area (Å²) in [7, 11) is 0. The van der Waals surface area contributed by atoms with E-state index in [9.17, 15) is 5.11 Å². The van der Waals surface area contributed by atoms with Gasteiger partial charge in [-0.25, -0.2) is 0 Å². The highest BCUT2D eigenvalue weighted by atomic mass is 16.3. The van der Waals surface area contributed by atoms with Crippen molar-refractivity contribution in [1.82, 2.24) is 0 Å². The lowest BCUT2D eigenvalue weighted by atomic mass is 9.57. The van der Waals surface area contributed by atoms with E-state index in [1.54, 1.807) is 5.57 Å². The summed E-state index contributed by atoms with van der Waals surface area (Å²) in [6.07, 6.45) is 20.8. The summed E-state index contributed by atoms with van der Waals surface area (Å²) in [6, 6.07) is 0.